The normalized spacial score (nSPS) is 11.5. The minimum absolute atomic E-state index is 0.183. The van der Waals surface area contributed by atoms with Gasteiger partial charge >= 0.3 is 0 Å². The predicted octanol–water partition coefficient (Wildman–Crippen LogP) is 1.40. The highest BCUT2D eigenvalue weighted by Crippen LogP contribution is 2.08. The molecule has 0 spiro atoms. The second-order valence-electron chi connectivity index (χ2n) is 3.18. The summed E-state index contributed by atoms with van der Waals surface area (Å²) in [4.78, 5) is 10.7. The molecule has 1 rings (SSSR count). The van der Waals surface area contributed by atoms with Gasteiger partial charge in [-0.15, -0.1) is 0 Å². The van der Waals surface area contributed by atoms with Gasteiger partial charge in [0.2, 0.25) is 5.91 Å². The standard InChI is InChI=1S/C11H11FN2O/c1-8(15)14-10(7-13)6-9-4-2-3-5-11(9)12/h2-5,10H,6H2,1H3,(H,14,15)/t10-/m0/s1. The van der Waals surface area contributed by atoms with E-state index in [0.717, 1.165) is 0 Å². The van der Waals surface area contributed by atoms with E-state index in [4.69, 9.17) is 5.26 Å². The maximum Gasteiger partial charge on any atom is 0.217 e. The molecule has 0 saturated heterocycles. The van der Waals surface area contributed by atoms with Crippen molar-refractivity contribution in [2.75, 3.05) is 0 Å². The van der Waals surface area contributed by atoms with Gasteiger partial charge in [-0.25, -0.2) is 4.39 Å². The van der Waals surface area contributed by atoms with Gasteiger partial charge in [0.25, 0.3) is 0 Å². The SMILES string of the molecule is CC(=O)N[C@H](C#N)Cc1ccccc1F. The van der Waals surface area contributed by atoms with Crippen molar-refractivity contribution in [3.8, 4) is 6.07 Å². The van der Waals surface area contributed by atoms with Crippen molar-refractivity contribution in [1.29, 1.82) is 5.26 Å². The molecule has 0 heterocycles. The first kappa shape index (κ1) is 11.2. The molecule has 0 bridgehead atoms. The number of nitriles is 1. The molecule has 0 fully saturated rings. The molecule has 0 aliphatic heterocycles. The number of carbonyl (C=O) groups is 1. The van der Waals surface area contributed by atoms with E-state index in [1.54, 1.807) is 18.2 Å². The van der Waals surface area contributed by atoms with Crippen LogP contribution in [0.15, 0.2) is 24.3 Å². The molecule has 0 unspecified atom stereocenters. The van der Waals surface area contributed by atoms with Crippen LogP contribution in [0.1, 0.15) is 12.5 Å². The molecular formula is C11H11FN2O. The fourth-order valence-corrected chi connectivity index (χ4v) is 1.26. The molecule has 0 radical (unpaired) electrons. The monoisotopic (exact) mass is 206 g/mol. The minimum atomic E-state index is -0.681. The van der Waals surface area contributed by atoms with E-state index >= 15 is 0 Å². The van der Waals surface area contributed by atoms with Crippen LogP contribution in [-0.4, -0.2) is 11.9 Å². The lowest BCUT2D eigenvalue weighted by Crippen LogP contribution is -2.33. The molecule has 0 aliphatic carbocycles. The summed E-state index contributed by atoms with van der Waals surface area (Å²) in [6, 6.07) is 7.44. The highest BCUT2D eigenvalue weighted by Gasteiger charge is 2.11. The molecule has 0 aliphatic rings. The Morgan fingerprint density at radius 3 is 2.80 bits per heavy atom. The van der Waals surface area contributed by atoms with Crippen LogP contribution in [0.5, 0.6) is 0 Å². The van der Waals surface area contributed by atoms with Crippen molar-refractivity contribution in [2.24, 2.45) is 0 Å². The van der Waals surface area contributed by atoms with Gasteiger partial charge in [0, 0.05) is 13.3 Å². The van der Waals surface area contributed by atoms with E-state index < -0.39 is 6.04 Å². The van der Waals surface area contributed by atoms with Crippen LogP contribution in [0.2, 0.25) is 0 Å². The van der Waals surface area contributed by atoms with E-state index in [1.165, 1.54) is 13.0 Å². The predicted molar refractivity (Wildman–Crippen MR) is 53.3 cm³/mol. The molecule has 78 valence electrons. The summed E-state index contributed by atoms with van der Waals surface area (Å²) in [5, 5.41) is 11.2. The molecular weight excluding hydrogens is 195 g/mol. The maximum absolute atomic E-state index is 13.2. The quantitative estimate of drug-likeness (QED) is 0.812. The van der Waals surface area contributed by atoms with Crippen molar-refractivity contribution in [3.63, 3.8) is 0 Å². The van der Waals surface area contributed by atoms with Crippen LogP contribution in [-0.2, 0) is 11.2 Å². The number of hydrogen-bond donors (Lipinski definition) is 1. The van der Waals surface area contributed by atoms with E-state index in [9.17, 15) is 9.18 Å². The lowest BCUT2D eigenvalue weighted by Gasteiger charge is -2.10. The lowest BCUT2D eigenvalue weighted by atomic mass is 10.1. The third kappa shape index (κ3) is 3.39. The molecule has 1 amide bonds. The van der Waals surface area contributed by atoms with Gasteiger partial charge in [-0.05, 0) is 11.6 Å². The molecule has 1 aromatic carbocycles. The molecule has 1 aromatic rings. The van der Waals surface area contributed by atoms with Crippen molar-refractivity contribution in [1.82, 2.24) is 5.32 Å². The second kappa shape index (κ2) is 5.11. The zero-order valence-electron chi connectivity index (χ0n) is 8.33. The Morgan fingerprint density at radius 1 is 1.60 bits per heavy atom. The van der Waals surface area contributed by atoms with Crippen molar-refractivity contribution in [3.05, 3.63) is 35.6 Å². The van der Waals surface area contributed by atoms with Gasteiger partial charge < -0.3 is 5.32 Å². The third-order valence-electron chi connectivity index (χ3n) is 1.92. The minimum Gasteiger partial charge on any atom is -0.340 e. The number of nitrogens with one attached hydrogen (secondary N) is 1. The van der Waals surface area contributed by atoms with Crippen LogP contribution in [0.25, 0.3) is 0 Å². The zero-order valence-corrected chi connectivity index (χ0v) is 8.33. The highest BCUT2D eigenvalue weighted by atomic mass is 19.1. The summed E-state index contributed by atoms with van der Waals surface area (Å²) < 4.78 is 13.2. The number of amides is 1. The van der Waals surface area contributed by atoms with Crippen LogP contribution < -0.4 is 5.32 Å². The summed E-state index contributed by atoms with van der Waals surface area (Å²) in [5.74, 6) is -0.652. The molecule has 1 atom stereocenters. The summed E-state index contributed by atoms with van der Waals surface area (Å²) in [6.45, 7) is 1.33. The van der Waals surface area contributed by atoms with Crippen molar-refractivity contribution < 1.29 is 9.18 Å². The number of rotatable bonds is 3. The van der Waals surface area contributed by atoms with Crippen LogP contribution >= 0.6 is 0 Å². The summed E-state index contributed by atoms with van der Waals surface area (Å²) in [5.41, 5.74) is 0.429. The van der Waals surface area contributed by atoms with Crippen LogP contribution in [0.3, 0.4) is 0 Å². The lowest BCUT2D eigenvalue weighted by molar-refractivity contribution is -0.119. The molecule has 1 N–H and O–H groups in total. The maximum atomic E-state index is 13.2. The average molecular weight is 206 g/mol. The smallest absolute Gasteiger partial charge is 0.217 e. The van der Waals surface area contributed by atoms with Gasteiger partial charge in [-0.3, -0.25) is 4.79 Å². The first-order chi connectivity index (χ1) is 7.13. The van der Waals surface area contributed by atoms with Gasteiger partial charge in [0.1, 0.15) is 11.9 Å². The Kier molecular flexibility index (Phi) is 3.81. The van der Waals surface area contributed by atoms with E-state index in [0.29, 0.717) is 5.56 Å². The van der Waals surface area contributed by atoms with E-state index in [-0.39, 0.29) is 18.1 Å². The molecule has 0 aromatic heterocycles. The number of benzene rings is 1. The number of carbonyl (C=O) groups excluding carboxylic acids is 1. The van der Waals surface area contributed by atoms with Crippen molar-refractivity contribution >= 4 is 5.91 Å². The van der Waals surface area contributed by atoms with Gasteiger partial charge in [0.05, 0.1) is 6.07 Å². The Bertz CT molecular complexity index is 398. The molecule has 3 nitrogen and oxygen atoms in total. The highest BCUT2D eigenvalue weighted by molar-refractivity contribution is 5.73. The summed E-state index contributed by atoms with van der Waals surface area (Å²) in [6.07, 6.45) is 0.183. The van der Waals surface area contributed by atoms with Crippen LogP contribution in [0, 0.1) is 17.1 Å². The summed E-state index contributed by atoms with van der Waals surface area (Å²) >= 11 is 0. The second-order valence-corrected chi connectivity index (χ2v) is 3.18. The zero-order chi connectivity index (χ0) is 11.3. The summed E-state index contributed by atoms with van der Waals surface area (Å²) in [7, 11) is 0. The fourth-order valence-electron chi connectivity index (χ4n) is 1.26. The van der Waals surface area contributed by atoms with E-state index in [2.05, 4.69) is 5.32 Å². The topological polar surface area (TPSA) is 52.9 Å². The van der Waals surface area contributed by atoms with Gasteiger partial charge in [-0.1, -0.05) is 18.2 Å². The Morgan fingerprint density at radius 2 is 2.27 bits per heavy atom. The Labute approximate surface area is 87.5 Å². The largest absolute Gasteiger partial charge is 0.340 e. The third-order valence-corrected chi connectivity index (χ3v) is 1.92. The molecule has 0 saturated carbocycles. The first-order valence-electron chi connectivity index (χ1n) is 4.53. The van der Waals surface area contributed by atoms with Gasteiger partial charge in [-0.2, -0.15) is 5.26 Å². The molecule has 4 heteroatoms. The van der Waals surface area contributed by atoms with E-state index in [1.807, 2.05) is 6.07 Å². The Hall–Kier alpha value is -1.89. The number of nitrogens with zero attached hydrogens (tertiary/aromatic N) is 1. The number of halogens is 1. The first-order valence-corrected chi connectivity index (χ1v) is 4.53. The number of hydrogen-bond acceptors (Lipinski definition) is 2. The Balaban J connectivity index is 2.72. The van der Waals surface area contributed by atoms with Crippen molar-refractivity contribution in [2.45, 2.75) is 19.4 Å². The fraction of sp³-hybridized carbons (Fsp3) is 0.273. The van der Waals surface area contributed by atoms with Crippen LogP contribution in [0.4, 0.5) is 4.39 Å². The average Bonchev–Trinajstić information content (AvgIpc) is 2.19. The molecule has 15 heavy (non-hydrogen) atoms. The van der Waals surface area contributed by atoms with Gasteiger partial charge in [0.15, 0.2) is 0 Å².